The van der Waals surface area contributed by atoms with Crippen LogP contribution in [-0.2, 0) is 6.54 Å². The molecule has 0 amide bonds. The van der Waals surface area contributed by atoms with Crippen LogP contribution >= 0.6 is 12.2 Å². The predicted molar refractivity (Wildman–Crippen MR) is 66.5 cm³/mol. The fourth-order valence-corrected chi connectivity index (χ4v) is 2.08. The number of benzene rings is 1. The summed E-state index contributed by atoms with van der Waals surface area (Å²) in [4.78, 5) is 2.79. The molecule has 1 aromatic carbocycles. The third kappa shape index (κ3) is 2.24. The molecule has 0 aliphatic carbocycles. The molecule has 0 fully saturated rings. The standard InChI is InChI=1S/C12H14F2N2S/c1-3-7(2)6-16-10-5-8(13)4-9(14)11(10)15-12(16)17/h4-5,7H,3,6H2,1-2H3,(H,15,17). The molecule has 17 heavy (non-hydrogen) atoms. The molecular weight excluding hydrogens is 242 g/mol. The largest absolute Gasteiger partial charge is 0.328 e. The molecule has 0 aliphatic rings. The lowest BCUT2D eigenvalue weighted by atomic mass is 10.1. The topological polar surface area (TPSA) is 20.7 Å². The highest BCUT2D eigenvalue weighted by atomic mass is 32.1. The van der Waals surface area contributed by atoms with Gasteiger partial charge in [-0.1, -0.05) is 20.3 Å². The summed E-state index contributed by atoms with van der Waals surface area (Å²) in [5, 5.41) is 0. The quantitative estimate of drug-likeness (QED) is 0.822. The van der Waals surface area contributed by atoms with Crippen LogP contribution in [0.25, 0.3) is 11.0 Å². The molecule has 1 aromatic heterocycles. The number of hydrogen-bond donors (Lipinski definition) is 1. The maximum Gasteiger partial charge on any atom is 0.178 e. The van der Waals surface area contributed by atoms with Gasteiger partial charge in [-0.05, 0) is 24.2 Å². The molecule has 0 saturated heterocycles. The summed E-state index contributed by atoms with van der Waals surface area (Å²) in [6.07, 6.45) is 0.992. The van der Waals surface area contributed by atoms with Crippen LogP contribution < -0.4 is 0 Å². The summed E-state index contributed by atoms with van der Waals surface area (Å²) in [5.74, 6) is -0.775. The number of halogens is 2. The Labute approximate surface area is 103 Å². The molecule has 0 spiro atoms. The molecular formula is C12H14F2N2S. The molecule has 92 valence electrons. The number of hydrogen-bond acceptors (Lipinski definition) is 1. The first-order chi connectivity index (χ1) is 8.02. The van der Waals surface area contributed by atoms with Gasteiger partial charge in [0.15, 0.2) is 10.6 Å². The number of nitrogens with one attached hydrogen (secondary N) is 1. The van der Waals surface area contributed by atoms with Gasteiger partial charge in [0.05, 0.1) is 5.52 Å². The van der Waals surface area contributed by atoms with E-state index in [4.69, 9.17) is 12.2 Å². The first-order valence-electron chi connectivity index (χ1n) is 5.60. The van der Waals surface area contributed by atoms with Crippen molar-refractivity contribution in [3.05, 3.63) is 28.5 Å². The summed E-state index contributed by atoms with van der Waals surface area (Å²) in [5.41, 5.74) is 0.771. The Hall–Kier alpha value is -1.23. The van der Waals surface area contributed by atoms with Crippen LogP contribution in [0, 0.1) is 22.3 Å². The monoisotopic (exact) mass is 256 g/mol. The second kappa shape index (κ2) is 4.56. The van der Waals surface area contributed by atoms with E-state index in [1.165, 1.54) is 6.07 Å². The normalized spacial score (nSPS) is 13.2. The number of fused-ring (bicyclic) bond motifs is 1. The van der Waals surface area contributed by atoms with Gasteiger partial charge in [-0.3, -0.25) is 0 Å². The average Bonchev–Trinajstić information content (AvgIpc) is 2.57. The van der Waals surface area contributed by atoms with Gasteiger partial charge >= 0.3 is 0 Å². The minimum absolute atomic E-state index is 0.278. The van der Waals surface area contributed by atoms with Gasteiger partial charge in [0.25, 0.3) is 0 Å². The molecule has 0 bridgehead atoms. The van der Waals surface area contributed by atoms with Crippen LogP contribution in [0.3, 0.4) is 0 Å². The Morgan fingerprint density at radius 1 is 1.41 bits per heavy atom. The van der Waals surface area contributed by atoms with Crippen molar-refractivity contribution >= 4 is 23.3 Å². The average molecular weight is 256 g/mol. The molecule has 0 aliphatic heterocycles. The first-order valence-corrected chi connectivity index (χ1v) is 6.01. The minimum Gasteiger partial charge on any atom is -0.328 e. The molecule has 1 atom stereocenters. The van der Waals surface area contributed by atoms with E-state index in [1.807, 2.05) is 0 Å². The number of aromatic nitrogens is 2. The molecule has 2 nitrogen and oxygen atoms in total. The summed E-state index contributed by atoms with van der Waals surface area (Å²) in [7, 11) is 0. The fraction of sp³-hybridized carbons (Fsp3) is 0.417. The lowest BCUT2D eigenvalue weighted by Gasteiger charge is -2.10. The summed E-state index contributed by atoms with van der Waals surface area (Å²) in [6, 6.07) is 2.17. The highest BCUT2D eigenvalue weighted by Gasteiger charge is 2.12. The van der Waals surface area contributed by atoms with E-state index in [0.29, 0.717) is 22.8 Å². The summed E-state index contributed by atoms with van der Waals surface area (Å²) < 4.78 is 28.9. The maximum atomic E-state index is 13.5. The first kappa shape index (κ1) is 12.2. The number of nitrogens with zero attached hydrogens (tertiary/aromatic N) is 1. The van der Waals surface area contributed by atoms with E-state index in [9.17, 15) is 8.78 Å². The summed E-state index contributed by atoms with van der Waals surface area (Å²) in [6.45, 7) is 4.82. The zero-order valence-electron chi connectivity index (χ0n) is 9.76. The van der Waals surface area contributed by atoms with Crippen molar-refractivity contribution in [3.63, 3.8) is 0 Å². The van der Waals surface area contributed by atoms with Gasteiger partial charge in [0, 0.05) is 12.6 Å². The molecule has 1 heterocycles. The van der Waals surface area contributed by atoms with Crippen LogP contribution in [0.15, 0.2) is 12.1 Å². The van der Waals surface area contributed by atoms with Gasteiger partial charge in [-0.2, -0.15) is 0 Å². The third-order valence-corrected chi connectivity index (χ3v) is 3.32. The second-order valence-corrected chi connectivity index (χ2v) is 4.72. The summed E-state index contributed by atoms with van der Waals surface area (Å²) >= 11 is 5.14. The van der Waals surface area contributed by atoms with Crippen molar-refractivity contribution < 1.29 is 8.78 Å². The number of H-pyrrole nitrogens is 1. The minimum atomic E-state index is -0.603. The zero-order valence-corrected chi connectivity index (χ0v) is 10.6. The van der Waals surface area contributed by atoms with Crippen LogP contribution in [-0.4, -0.2) is 9.55 Å². The van der Waals surface area contributed by atoms with Crippen molar-refractivity contribution in [2.24, 2.45) is 5.92 Å². The molecule has 2 rings (SSSR count). The van der Waals surface area contributed by atoms with Crippen LogP contribution in [0.1, 0.15) is 20.3 Å². The van der Waals surface area contributed by atoms with E-state index >= 15 is 0 Å². The van der Waals surface area contributed by atoms with Crippen LogP contribution in [0.2, 0.25) is 0 Å². The lowest BCUT2D eigenvalue weighted by molar-refractivity contribution is 0.472. The van der Waals surface area contributed by atoms with E-state index in [1.54, 1.807) is 4.57 Å². The Bertz CT molecular complexity index is 600. The molecule has 1 unspecified atom stereocenters. The van der Waals surface area contributed by atoms with Crippen LogP contribution in [0.4, 0.5) is 8.78 Å². The molecule has 5 heteroatoms. The van der Waals surface area contributed by atoms with E-state index < -0.39 is 11.6 Å². The van der Waals surface area contributed by atoms with Crippen molar-refractivity contribution in [1.29, 1.82) is 0 Å². The smallest absolute Gasteiger partial charge is 0.178 e. The van der Waals surface area contributed by atoms with Crippen molar-refractivity contribution in [3.8, 4) is 0 Å². The Morgan fingerprint density at radius 2 is 2.12 bits per heavy atom. The zero-order chi connectivity index (χ0) is 12.6. The van der Waals surface area contributed by atoms with E-state index in [2.05, 4.69) is 18.8 Å². The predicted octanol–water partition coefficient (Wildman–Crippen LogP) is 4.02. The van der Waals surface area contributed by atoms with Gasteiger partial charge in [0.1, 0.15) is 11.3 Å². The number of rotatable bonds is 3. The van der Waals surface area contributed by atoms with Gasteiger partial charge in [-0.15, -0.1) is 0 Å². The molecule has 2 aromatic rings. The molecule has 0 saturated carbocycles. The van der Waals surface area contributed by atoms with E-state index in [0.717, 1.165) is 12.5 Å². The number of aromatic amines is 1. The van der Waals surface area contributed by atoms with Crippen LogP contribution in [0.5, 0.6) is 0 Å². The maximum absolute atomic E-state index is 13.5. The van der Waals surface area contributed by atoms with Gasteiger partial charge in [0.2, 0.25) is 0 Å². The lowest BCUT2D eigenvalue weighted by Crippen LogP contribution is -2.06. The Balaban J connectivity index is 2.62. The molecule has 0 radical (unpaired) electrons. The van der Waals surface area contributed by atoms with Crippen molar-refractivity contribution in [2.45, 2.75) is 26.8 Å². The van der Waals surface area contributed by atoms with Crippen molar-refractivity contribution in [1.82, 2.24) is 9.55 Å². The Kier molecular flexibility index (Phi) is 3.28. The SMILES string of the molecule is CCC(C)Cn1c(=S)[nH]c2c(F)cc(F)cc21. The number of imidazole rings is 1. The third-order valence-electron chi connectivity index (χ3n) is 2.99. The molecule has 1 N–H and O–H groups in total. The van der Waals surface area contributed by atoms with Gasteiger partial charge in [-0.25, -0.2) is 8.78 Å². The van der Waals surface area contributed by atoms with Gasteiger partial charge < -0.3 is 9.55 Å². The highest BCUT2D eigenvalue weighted by molar-refractivity contribution is 7.71. The second-order valence-electron chi connectivity index (χ2n) is 4.34. The van der Waals surface area contributed by atoms with E-state index in [-0.39, 0.29) is 5.52 Å². The fourth-order valence-electron chi connectivity index (χ4n) is 1.80. The highest BCUT2D eigenvalue weighted by Crippen LogP contribution is 2.21. The Morgan fingerprint density at radius 3 is 2.76 bits per heavy atom. The van der Waals surface area contributed by atoms with Crippen molar-refractivity contribution in [2.75, 3.05) is 0 Å².